The predicted molar refractivity (Wildman–Crippen MR) is 86.6 cm³/mol. The molecule has 0 aliphatic heterocycles. The van der Waals surface area contributed by atoms with E-state index >= 15 is 0 Å². The third-order valence-electron chi connectivity index (χ3n) is 5.51. The monoisotopic (exact) mass is 334 g/mol. The first-order valence-electron chi connectivity index (χ1n) is 7.57. The zero-order valence-corrected chi connectivity index (χ0v) is 14.1. The molecule has 20 heavy (non-hydrogen) atoms. The van der Waals surface area contributed by atoms with Gasteiger partial charge in [0.25, 0.3) is 0 Å². The van der Waals surface area contributed by atoms with E-state index in [1.165, 1.54) is 5.56 Å². The van der Waals surface area contributed by atoms with Crippen LogP contribution in [0.15, 0.2) is 33.8 Å². The van der Waals surface area contributed by atoms with E-state index < -0.39 is 0 Å². The molecule has 1 nitrogen and oxygen atoms in total. The van der Waals surface area contributed by atoms with Gasteiger partial charge in [0.05, 0.1) is 6.10 Å². The number of halogens is 1. The maximum atomic E-state index is 11.0. The molecule has 0 heterocycles. The molecular weight excluding hydrogens is 312 g/mol. The molecule has 0 amide bonds. The van der Waals surface area contributed by atoms with E-state index in [-0.39, 0.29) is 11.5 Å². The molecule has 1 aromatic carbocycles. The first kappa shape index (κ1) is 14.3. The molecule has 0 aromatic heterocycles. The molecular formula is C18H23BrO. The SMILES string of the molecule is CC1=C2CCc3cccc(Br)c3[C@@H](O)[C@H](CC1)C2(C)C. The van der Waals surface area contributed by atoms with E-state index in [1.807, 2.05) is 0 Å². The molecule has 0 spiro atoms. The highest BCUT2D eigenvalue weighted by Crippen LogP contribution is 2.53. The highest BCUT2D eigenvalue weighted by molar-refractivity contribution is 9.10. The Labute approximate surface area is 130 Å². The van der Waals surface area contributed by atoms with Crippen LogP contribution in [-0.2, 0) is 6.42 Å². The van der Waals surface area contributed by atoms with E-state index in [2.05, 4.69) is 54.9 Å². The Hall–Kier alpha value is -0.600. The Morgan fingerprint density at radius 2 is 1.95 bits per heavy atom. The highest BCUT2D eigenvalue weighted by atomic mass is 79.9. The molecule has 2 aliphatic carbocycles. The van der Waals surface area contributed by atoms with Crippen LogP contribution in [0, 0.1) is 11.3 Å². The Kier molecular flexibility index (Phi) is 3.58. The minimum absolute atomic E-state index is 0.106. The summed E-state index contributed by atoms with van der Waals surface area (Å²) in [7, 11) is 0. The first-order chi connectivity index (χ1) is 9.43. The number of allylic oxidation sites excluding steroid dienone is 2. The second-order valence-electron chi connectivity index (χ2n) is 6.88. The van der Waals surface area contributed by atoms with E-state index in [0.29, 0.717) is 5.92 Å². The van der Waals surface area contributed by atoms with Gasteiger partial charge in [0, 0.05) is 4.47 Å². The van der Waals surface area contributed by atoms with Gasteiger partial charge < -0.3 is 5.11 Å². The molecule has 1 N–H and O–H groups in total. The first-order valence-corrected chi connectivity index (χ1v) is 8.36. The maximum Gasteiger partial charge on any atom is 0.0840 e. The van der Waals surface area contributed by atoms with Crippen LogP contribution in [0.4, 0.5) is 0 Å². The molecule has 0 saturated carbocycles. The van der Waals surface area contributed by atoms with Crippen molar-refractivity contribution in [3.63, 3.8) is 0 Å². The summed E-state index contributed by atoms with van der Waals surface area (Å²) in [6.45, 7) is 6.92. The van der Waals surface area contributed by atoms with Gasteiger partial charge in [-0.1, -0.05) is 53.1 Å². The number of hydrogen-bond acceptors (Lipinski definition) is 1. The van der Waals surface area contributed by atoms with Gasteiger partial charge in [0.2, 0.25) is 0 Å². The van der Waals surface area contributed by atoms with Gasteiger partial charge in [-0.2, -0.15) is 0 Å². The third-order valence-corrected chi connectivity index (χ3v) is 6.21. The molecule has 3 rings (SSSR count). The number of fused-ring (bicyclic) bond motifs is 3. The van der Waals surface area contributed by atoms with Crippen LogP contribution < -0.4 is 0 Å². The summed E-state index contributed by atoms with van der Waals surface area (Å²) in [4.78, 5) is 0. The molecule has 2 heteroatoms. The van der Waals surface area contributed by atoms with Crippen molar-refractivity contribution in [3.05, 3.63) is 44.9 Å². The lowest BCUT2D eigenvalue weighted by Gasteiger charge is -2.46. The summed E-state index contributed by atoms with van der Waals surface area (Å²) in [5.74, 6) is 0.318. The summed E-state index contributed by atoms with van der Waals surface area (Å²) in [5.41, 5.74) is 5.67. The maximum absolute atomic E-state index is 11.0. The van der Waals surface area contributed by atoms with Crippen LogP contribution in [0.2, 0.25) is 0 Å². The van der Waals surface area contributed by atoms with Gasteiger partial charge in [-0.15, -0.1) is 0 Å². The molecule has 2 atom stereocenters. The molecule has 0 unspecified atom stereocenters. The van der Waals surface area contributed by atoms with Crippen molar-refractivity contribution in [1.29, 1.82) is 0 Å². The number of aliphatic hydroxyl groups excluding tert-OH is 1. The number of aryl methyl sites for hydroxylation is 1. The molecule has 2 bridgehead atoms. The summed E-state index contributed by atoms with van der Waals surface area (Å²) in [6.07, 6.45) is 4.03. The summed E-state index contributed by atoms with van der Waals surface area (Å²) >= 11 is 3.65. The van der Waals surface area contributed by atoms with E-state index in [4.69, 9.17) is 0 Å². The molecule has 0 saturated heterocycles. The summed E-state index contributed by atoms with van der Waals surface area (Å²) in [5, 5.41) is 11.0. The fraction of sp³-hybridized carbons (Fsp3) is 0.556. The lowest BCUT2D eigenvalue weighted by atomic mass is 9.60. The quantitative estimate of drug-likeness (QED) is 0.648. The summed E-state index contributed by atoms with van der Waals surface area (Å²) < 4.78 is 1.06. The molecule has 0 radical (unpaired) electrons. The number of hydrogen-bond donors (Lipinski definition) is 1. The Bertz CT molecular complexity index is 571. The van der Waals surface area contributed by atoms with Crippen molar-refractivity contribution >= 4 is 15.9 Å². The Morgan fingerprint density at radius 3 is 2.70 bits per heavy atom. The fourth-order valence-corrected chi connectivity index (χ4v) is 4.98. The molecule has 1 aromatic rings. The van der Waals surface area contributed by atoms with Crippen molar-refractivity contribution < 1.29 is 5.11 Å². The van der Waals surface area contributed by atoms with Gasteiger partial charge >= 0.3 is 0 Å². The Morgan fingerprint density at radius 1 is 1.20 bits per heavy atom. The molecule has 2 aliphatic rings. The minimum atomic E-state index is -0.362. The molecule has 108 valence electrons. The molecule has 0 fully saturated rings. The van der Waals surface area contributed by atoms with Crippen LogP contribution >= 0.6 is 15.9 Å². The standard InChI is InChI=1S/C18H23BrO/c1-11-7-9-14-17(20)16-12(5-4-6-15(16)19)8-10-13(11)18(14,2)3/h4-6,14,17,20H,7-10H2,1-3H3/t14-,17-/m0/s1. The smallest absolute Gasteiger partial charge is 0.0840 e. The van der Waals surface area contributed by atoms with E-state index in [9.17, 15) is 5.11 Å². The number of rotatable bonds is 0. The largest absolute Gasteiger partial charge is 0.388 e. The van der Waals surface area contributed by atoms with Crippen LogP contribution in [0.1, 0.15) is 57.3 Å². The van der Waals surface area contributed by atoms with Gasteiger partial charge in [0.15, 0.2) is 0 Å². The van der Waals surface area contributed by atoms with E-state index in [1.54, 1.807) is 11.1 Å². The van der Waals surface area contributed by atoms with Crippen molar-refractivity contribution in [2.24, 2.45) is 11.3 Å². The van der Waals surface area contributed by atoms with Crippen molar-refractivity contribution in [1.82, 2.24) is 0 Å². The van der Waals surface area contributed by atoms with Crippen LogP contribution in [0.5, 0.6) is 0 Å². The van der Waals surface area contributed by atoms with Crippen molar-refractivity contribution in [2.45, 2.75) is 52.6 Å². The third kappa shape index (κ3) is 2.08. The predicted octanol–water partition coefficient (Wildman–Crippen LogP) is 5.18. The second-order valence-corrected chi connectivity index (χ2v) is 7.74. The van der Waals surface area contributed by atoms with Crippen LogP contribution in [-0.4, -0.2) is 5.11 Å². The van der Waals surface area contributed by atoms with Crippen molar-refractivity contribution in [2.75, 3.05) is 0 Å². The average Bonchev–Trinajstić information content (AvgIpc) is 2.36. The summed E-state index contributed by atoms with van der Waals surface area (Å²) in [6, 6.07) is 6.31. The second kappa shape index (κ2) is 4.99. The normalized spacial score (nSPS) is 28.6. The topological polar surface area (TPSA) is 20.2 Å². The lowest BCUT2D eigenvalue weighted by Crippen LogP contribution is -2.37. The van der Waals surface area contributed by atoms with Crippen LogP contribution in [0.25, 0.3) is 0 Å². The van der Waals surface area contributed by atoms with Gasteiger partial charge in [0.1, 0.15) is 0 Å². The number of aliphatic hydroxyl groups is 1. The highest BCUT2D eigenvalue weighted by Gasteiger charge is 2.43. The average molecular weight is 335 g/mol. The Balaban J connectivity index is 2.17. The van der Waals surface area contributed by atoms with Crippen molar-refractivity contribution in [3.8, 4) is 0 Å². The van der Waals surface area contributed by atoms with Gasteiger partial charge in [-0.3, -0.25) is 0 Å². The van der Waals surface area contributed by atoms with Gasteiger partial charge in [-0.25, -0.2) is 0 Å². The van der Waals surface area contributed by atoms with E-state index in [0.717, 1.165) is 35.7 Å². The number of benzene rings is 1. The minimum Gasteiger partial charge on any atom is -0.388 e. The van der Waals surface area contributed by atoms with Gasteiger partial charge in [-0.05, 0) is 61.1 Å². The fourth-order valence-electron chi connectivity index (χ4n) is 4.34. The zero-order valence-electron chi connectivity index (χ0n) is 12.5. The lowest BCUT2D eigenvalue weighted by molar-refractivity contribution is 0.0327. The zero-order chi connectivity index (χ0) is 14.5. The van der Waals surface area contributed by atoms with Crippen LogP contribution in [0.3, 0.4) is 0 Å².